The van der Waals surface area contributed by atoms with Crippen molar-refractivity contribution in [3.8, 4) is 5.75 Å². The molecule has 21 heavy (non-hydrogen) atoms. The Morgan fingerprint density at radius 3 is 2.67 bits per heavy atom. The van der Waals surface area contributed by atoms with Gasteiger partial charge in [-0.3, -0.25) is 4.98 Å². The van der Waals surface area contributed by atoms with Gasteiger partial charge in [0.25, 0.3) is 0 Å². The highest BCUT2D eigenvalue weighted by Crippen LogP contribution is 2.28. The van der Waals surface area contributed by atoms with E-state index in [1.54, 1.807) is 20.8 Å². The zero-order chi connectivity index (χ0) is 15.5. The number of hydrogen-bond acceptors (Lipinski definition) is 6. The first-order chi connectivity index (χ1) is 9.85. The number of rotatable bonds is 3. The van der Waals surface area contributed by atoms with E-state index >= 15 is 0 Å². The van der Waals surface area contributed by atoms with E-state index in [2.05, 4.69) is 4.98 Å². The second kappa shape index (κ2) is 5.99. The molecule has 0 radical (unpaired) electrons. The number of hydroxylamine groups is 1. The summed E-state index contributed by atoms with van der Waals surface area (Å²) in [7, 11) is 0. The molecule has 7 heteroatoms. The standard InChI is InChI=1S/C14H18N2O5/c1-14(2,3)20-13(18)16-21-12(17)10-6-7-15-8-11(10)19-9-4-5-9/h6-9H,4-5H2,1-3H3,(H,16,18). The van der Waals surface area contributed by atoms with E-state index in [4.69, 9.17) is 14.3 Å². The van der Waals surface area contributed by atoms with Crippen molar-refractivity contribution in [3.05, 3.63) is 24.0 Å². The van der Waals surface area contributed by atoms with Crippen molar-refractivity contribution in [2.75, 3.05) is 0 Å². The van der Waals surface area contributed by atoms with Crippen LogP contribution in [0.1, 0.15) is 44.0 Å². The molecule has 1 aromatic rings. The summed E-state index contributed by atoms with van der Waals surface area (Å²) in [5, 5.41) is 0. The van der Waals surface area contributed by atoms with Gasteiger partial charge in [0.2, 0.25) is 0 Å². The number of nitrogens with zero attached hydrogens (tertiary/aromatic N) is 1. The van der Waals surface area contributed by atoms with Crippen molar-refractivity contribution in [2.24, 2.45) is 0 Å². The maximum Gasteiger partial charge on any atom is 0.441 e. The summed E-state index contributed by atoms with van der Waals surface area (Å²) in [6.07, 6.45) is 4.10. The molecule has 114 valence electrons. The molecule has 1 fully saturated rings. The lowest BCUT2D eigenvalue weighted by Crippen LogP contribution is -2.34. The van der Waals surface area contributed by atoms with E-state index in [0.29, 0.717) is 5.75 Å². The van der Waals surface area contributed by atoms with Gasteiger partial charge in [-0.05, 0) is 39.7 Å². The van der Waals surface area contributed by atoms with Gasteiger partial charge in [0.05, 0.1) is 12.3 Å². The zero-order valence-corrected chi connectivity index (χ0v) is 12.2. The quantitative estimate of drug-likeness (QED) is 0.860. The molecule has 0 atom stereocenters. The molecule has 0 aliphatic heterocycles. The maximum atomic E-state index is 11.9. The SMILES string of the molecule is CC(C)(C)OC(=O)NOC(=O)c1ccncc1OC1CC1. The van der Waals surface area contributed by atoms with Crippen LogP contribution in [0.4, 0.5) is 4.79 Å². The zero-order valence-electron chi connectivity index (χ0n) is 12.2. The Bertz CT molecular complexity index is 534. The smallest absolute Gasteiger partial charge is 0.441 e. The minimum Gasteiger partial charge on any atom is -0.488 e. The number of amides is 1. The molecular formula is C14H18N2O5. The van der Waals surface area contributed by atoms with E-state index in [0.717, 1.165) is 12.8 Å². The average molecular weight is 294 g/mol. The molecule has 0 bridgehead atoms. The average Bonchev–Trinajstić information content (AvgIpc) is 3.18. The lowest BCUT2D eigenvalue weighted by atomic mass is 10.2. The summed E-state index contributed by atoms with van der Waals surface area (Å²) >= 11 is 0. The molecule has 0 unspecified atom stereocenters. The number of aromatic nitrogens is 1. The fourth-order valence-corrected chi connectivity index (χ4v) is 1.45. The summed E-state index contributed by atoms with van der Waals surface area (Å²) in [5.41, 5.74) is 1.48. The molecule has 1 aromatic heterocycles. The van der Waals surface area contributed by atoms with Crippen LogP contribution in [0.2, 0.25) is 0 Å². The Labute approximate surface area is 122 Å². The molecule has 7 nitrogen and oxygen atoms in total. The number of carbonyl (C=O) groups excluding carboxylic acids is 2. The van der Waals surface area contributed by atoms with Gasteiger partial charge >= 0.3 is 12.1 Å². The molecule has 0 saturated heterocycles. The Morgan fingerprint density at radius 2 is 2.05 bits per heavy atom. The van der Waals surface area contributed by atoms with Gasteiger partial charge < -0.3 is 14.3 Å². The lowest BCUT2D eigenvalue weighted by Gasteiger charge is -2.19. The minimum absolute atomic E-state index is 0.125. The molecule has 1 N–H and O–H groups in total. The van der Waals surface area contributed by atoms with Crippen molar-refractivity contribution in [1.29, 1.82) is 0 Å². The molecular weight excluding hydrogens is 276 g/mol. The van der Waals surface area contributed by atoms with E-state index in [-0.39, 0.29) is 11.7 Å². The van der Waals surface area contributed by atoms with Gasteiger partial charge in [0.15, 0.2) is 5.75 Å². The first-order valence-electron chi connectivity index (χ1n) is 6.66. The van der Waals surface area contributed by atoms with Crippen molar-refractivity contribution in [3.63, 3.8) is 0 Å². The summed E-state index contributed by atoms with van der Waals surface area (Å²) in [6, 6.07) is 1.47. The third-order valence-corrected chi connectivity index (χ3v) is 2.45. The third kappa shape index (κ3) is 4.94. The van der Waals surface area contributed by atoms with Crippen LogP contribution in [-0.4, -0.2) is 28.8 Å². The highest BCUT2D eigenvalue weighted by molar-refractivity contribution is 5.92. The monoisotopic (exact) mass is 294 g/mol. The fraction of sp³-hybridized carbons (Fsp3) is 0.500. The van der Waals surface area contributed by atoms with Crippen molar-refractivity contribution < 1.29 is 23.9 Å². The van der Waals surface area contributed by atoms with Gasteiger partial charge in [-0.15, -0.1) is 5.48 Å². The predicted octanol–water partition coefficient (Wildman–Crippen LogP) is 2.22. The molecule has 1 heterocycles. The van der Waals surface area contributed by atoms with Crippen LogP contribution < -0.4 is 10.2 Å². The molecule has 0 spiro atoms. The fourth-order valence-electron chi connectivity index (χ4n) is 1.45. The summed E-state index contributed by atoms with van der Waals surface area (Å²) in [4.78, 5) is 32.0. The predicted molar refractivity (Wildman–Crippen MR) is 72.7 cm³/mol. The minimum atomic E-state index is -0.838. The summed E-state index contributed by atoms with van der Waals surface area (Å²) < 4.78 is 10.5. The van der Waals surface area contributed by atoms with Gasteiger partial charge in [-0.2, -0.15) is 0 Å². The van der Waals surface area contributed by atoms with Crippen molar-refractivity contribution in [2.45, 2.75) is 45.3 Å². The van der Waals surface area contributed by atoms with Crippen LogP contribution in [-0.2, 0) is 9.57 Å². The van der Waals surface area contributed by atoms with Crippen LogP contribution >= 0.6 is 0 Å². The van der Waals surface area contributed by atoms with Crippen molar-refractivity contribution >= 4 is 12.1 Å². The Hall–Kier alpha value is -2.31. The van der Waals surface area contributed by atoms with Crippen molar-refractivity contribution in [1.82, 2.24) is 10.5 Å². The van der Waals surface area contributed by atoms with Crippen LogP contribution in [0.5, 0.6) is 5.75 Å². The number of carbonyl (C=O) groups is 2. The first kappa shape index (κ1) is 15.1. The number of hydrogen-bond donors (Lipinski definition) is 1. The maximum absolute atomic E-state index is 11.9. The summed E-state index contributed by atoms with van der Waals surface area (Å²) in [6.45, 7) is 5.12. The number of pyridine rings is 1. The van der Waals surface area contributed by atoms with E-state index in [9.17, 15) is 9.59 Å². The third-order valence-electron chi connectivity index (χ3n) is 2.45. The molecule has 1 aliphatic rings. The van der Waals surface area contributed by atoms with Gasteiger partial charge in [-0.1, -0.05) is 0 Å². The normalized spacial score (nSPS) is 14.2. The van der Waals surface area contributed by atoms with E-state index in [1.807, 2.05) is 5.48 Å². The highest BCUT2D eigenvalue weighted by atomic mass is 16.7. The molecule has 1 saturated carbocycles. The second-order valence-electron chi connectivity index (χ2n) is 5.68. The molecule has 0 aromatic carbocycles. The topological polar surface area (TPSA) is 86.8 Å². The van der Waals surface area contributed by atoms with E-state index in [1.165, 1.54) is 18.5 Å². The first-order valence-corrected chi connectivity index (χ1v) is 6.66. The van der Waals surface area contributed by atoms with Gasteiger partial charge in [0.1, 0.15) is 11.2 Å². The van der Waals surface area contributed by atoms with Crippen LogP contribution in [0, 0.1) is 0 Å². The summed E-state index contributed by atoms with van der Waals surface area (Å²) in [5.74, 6) is -0.394. The lowest BCUT2D eigenvalue weighted by molar-refractivity contribution is -0.00155. The van der Waals surface area contributed by atoms with Gasteiger partial charge in [0, 0.05) is 6.20 Å². The number of nitrogens with one attached hydrogen (secondary N) is 1. The highest BCUT2D eigenvalue weighted by Gasteiger charge is 2.26. The Kier molecular flexibility index (Phi) is 4.30. The number of ether oxygens (including phenoxy) is 2. The Morgan fingerprint density at radius 1 is 1.33 bits per heavy atom. The molecule has 2 rings (SSSR count). The molecule has 1 amide bonds. The van der Waals surface area contributed by atoms with E-state index < -0.39 is 17.7 Å². The molecule has 1 aliphatic carbocycles. The Balaban J connectivity index is 1.92. The second-order valence-corrected chi connectivity index (χ2v) is 5.68. The largest absolute Gasteiger partial charge is 0.488 e. The van der Waals surface area contributed by atoms with Gasteiger partial charge in [-0.25, -0.2) is 9.59 Å². The van der Waals surface area contributed by atoms with Crippen LogP contribution in [0.3, 0.4) is 0 Å². The van der Waals surface area contributed by atoms with Crippen LogP contribution in [0.25, 0.3) is 0 Å². The van der Waals surface area contributed by atoms with Crippen LogP contribution in [0.15, 0.2) is 18.5 Å².